The molecule has 5 atom stereocenters. The van der Waals surface area contributed by atoms with Gasteiger partial charge in [-0.15, -0.1) is 0 Å². The topological polar surface area (TPSA) is 95.0 Å². The Morgan fingerprint density at radius 3 is 1.84 bits per heavy atom. The standard InChI is InChI=1S/C48H87NO6Si3/c1-20-39(44(52)48(30-24-31-48)41(34-42(50)51)54-57(16,17)46(8,9)10)43(55-58(18,19)47(11,12)13)36(3)26-23-25-35(2)28-29-40(53-56(14,15)45(5,6)7)37(4)33-38-27-21-22-32-49-38/h21-22,27-28,32-33,36,39-41,43H,20,23-26,29-31,34H2,1-19H3,(H,50,51)/b35-28+,37-33+/t36-,39-,40-,41-,43-/m0/s1. The van der Waals surface area contributed by atoms with E-state index in [-0.39, 0.29) is 51.4 Å². The van der Waals surface area contributed by atoms with Gasteiger partial charge in [-0.2, -0.15) is 0 Å². The molecule has 0 spiro atoms. The number of aliphatic carboxylic acids is 1. The number of Topliss-reactive ketones (excluding diaryl/α,β-unsaturated/α-hetero) is 1. The van der Waals surface area contributed by atoms with Crippen LogP contribution in [0.4, 0.5) is 0 Å². The van der Waals surface area contributed by atoms with Crippen molar-refractivity contribution in [3.8, 4) is 0 Å². The zero-order valence-electron chi connectivity index (χ0n) is 40.7. The van der Waals surface area contributed by atoms with Crippen LogP contribution in [-0.4, -0.2) is 65.1 Å². The predicted molar refractivity (Wildman–Crippen MR) is 253 cm³/mol. The number of ketones is 1. The van der Waals surface area contributed by atoms with Crippen LogP contribution < -0.4 is 0 Å². The van der Waals surface area contributed by atoms with Crippen LogP contribution in [0.15, 0.2) is 41.6 Å². The van der Waals surface area contributed by atoms with Crippen LogP contribution in [0.25, 0.3) is 6.08 Å². The van der Waals surface area contributed by atoms with E-state index in [1.807, 2.05) is 24.4 Å². The quantitative estimate of drug-likeness (QED) is 0.0916. The summed E-state index contributed by atoms with van der Waals surface area (Å²) in [6, 6.07) is 6.00. The van der Waals surface area contributed by atoms with Crippen LogP contribution in [0, 0.1) is 17.3 Å². The van der Waals surface area contributed by atoms with Gasteiger partial charge in [0.1, 0.15) is 5.78 Å². The molecule has 0 aliphatic heterocycles. The number of carboxylic acids is 1. The van der Waals surface area contributed by atoms with E-state index in [0.29, 0.717) is 19.3 Å². The Kier molecular flexibility index (Phi) is 18.5. The van der Waals surface area contributed by atoms with Crippen molar-refractivity contribution in [3.63, 3.8) is 0 Å². The molecular formula is C48H87NO6Si3. The summed E-state index contributed by atoms with van der Waals surface area (Å²) in [7, 11) is -6.70. The van der Waals surface area contributed by atoms with Crippen LogP contribution in [0.1, 0.15) is 153 Å². The molecule has 1 aromatic heterocycles. The molecule has 0 amide bonds. The Morgan fingerprint density at radius 2 is 1.40 bits per heavy atom. The van der Waals surface area contributed by atoms with Gasteiger partial charge in [-0.05, 0) is 143 Å². The zero-order chi connectivity index (χ0) is 44.7. The molecule has 1 heterocycles. The largest absolute Gasteiger partial charge is 0.481 e. The first kappa shape index (κ1) is 52.4. The molecule has 332 valence electrons. The van der Waals surface area contributed by atoms with Crippen LogP contribution in [-0.2, 0) is 22.9 Å². The highest BCUT2D eigenvalue weighted by atomic mass is 28.4. The summed E-state index contributed by atoms with van der Waals surface area (Å²) in [5.41, 5.74) is 2.68. The Labute approximate surface area is 359 Å². The molecule has 2 rings (SSSR count). The molecule has 0 unspecified atom stereocenters. The SMILES string of the molecule is CC[C@H](C(=O)C1([C@H](CC(=O)O)O[Si](C)(C)C(C)(C)C)CCC1)[C@@H](O[Si](C)(C)C(C)(C)C)[C@@H](C)CCC/C(C)=C/C[C@H](O[Si](C)(C)C(C)(C)C)/C(C)=C/c1ccccn1. The number of pyridine rings is 1. The smallest absolute Gasteiger partial charge is 0.305 e. The van der Waals surface area contributed by atoms with Crippen LogP contribution in [0.2, 0.25) is 54.4 Å². The summed E-state index contributed by atoms with van der Waals surface area (Å²) in [5.74, 6) is -0.924. The monoisotopic (exact) mass is 858 g/mol. The number of rotatable bonds is 22. The zero-order valence-corrected chi connectivity index (χ0v) is 43.7. The minimum Gasteiger partial charge on any atom is -0.481 e. The van der Waals surface area contributed by atoms with Crippen LogP contribution in [0.5, 0.6) is 0 Å². The van der Waals surface area contributed by atoms with Crippen LogP contribution >= 0.6 is 0 Å². The van der Waals surface area contributed by atoms with Gasteiger partial charge in [0.2, 0.25) is 0 Å². The van der Waals surface area contributed by atoms with Gasteiger partial charge in [-0.3, -0.25) is 14.6 Å². The number of aromatic nitrogens is 1. The molecule has 1 fully saturated rings. The van der Waals surface area contributed by atoms with Crippen molar-refractivity contribution in [1.82, 2.24) is 4.98 Å². The third kappa shape index (κ3) is 13.9. The maximum atomic E-state index is 15.2. The van der Waals surface area contributed by atoms with Gasteiger partial charge in [-0.25, -0.2) is 0 Å². The van der Waals surface area contributed by atoms with Crippen molar-refractivity contribution in [2.24, 2.45) is 17.3 Å². The first-order valence-electron chi connectivity index (χ1n) is 22.4. The molecule has 10 heteroatoms. The van der Waals surface area contributed by atoms with Gasteiger partial charge >= 0.3 is 5.97 Å². The van der Waals surface area contributed by atoms with Crippen molar-refractivity contribution >= 4 is 42.8 Å². The normalized spacial score (nSPS) is 18.9. The van der Waals surface area contributed by atoms with Gasteiger partial charge in [0, 0.05) is 12.1 Å². The summed E-state index contributed by atoms with van der Waals surface area (Å²) < 4.78 is 21.3. The Hall–Kier alpha value is -1.70. The second kappa shape index (κ2) is 20.4. The molecule has 1 N–H and O–H groups in total. The number of allylic oxidation sites excluding steroid dienone is 1. The maximum absolute atomic E-state index is 15.2. The fraction of sp³-hybridized carbons (Fsp3) is 0.771. The van der Waals surface area contributed by atoms with Gasteiger partial charge in [0.05, 0.1) is 35.8 Å². The van der Waals surface area contributed by atoms with E-state index >= 15 is 4.79 Å². The number of nitrogens with zero attached hydrogens (tertiary/aromatic N) is 1. The highest BCUT2D eigenvalue weighted by Crippen LogP contribution is 2.53. The highest BCUT2D eigenvalue weighted by Gasteiger charge is 2.57. The second-order valence-corrected chi connectivity index (χ2v) is 36.6. The van der Waals surface area contributed by atoms with Crippen molar-refractivity contribution in [3.05, 3.63) is 47.3 Å². The number of carboxylic acid groups (broad SMARTS) is 1. The average Bonchev–Trinajstić information content (AvgIpc) is 3.04. The molecule has 0 bridgehead atoms. The van der Waals surface area contributed by atoms with Crippen LogP contribution in [0.3, 0.4) is 0 Å². The van der Waals surface area contributed by atoms with Gasteiger partial charge < -0.3 is 18.4 Å². The van der Waals surface area contributed by atoms with E-state index in [1.54, 1.807) is 0 Å². The van der Waals surface area contributed by atoms with E-state index < -0.39 is 42.4 Å². The lowest BCUT2D eigenvalue weighted by Gasteiger charge is -2.52. The molecule has 1 aliphatic carbocycles. The number of carbonyl (C=O) groups excluding carboxylic acids is 1. The Bertz CT molecular complexity index is 1540. The van der Waals surface area contributed by atoms with Gasteiger partial charge in [0.25, 0.3) is 0 Å². The maximum Gasteiger partial charge on any atom is 0.305 e. The van der Waals surface area contributed by atoms with Gasteiger partial charge in [0.15, 0.2) is 25.0 Å². The molecule has 1 aromatic rings. The Balaban J connectivity index is 2.41. The van der Waals surface area contributed by atoms with E-state index in [4.69, 9.17) is 13.3 Å². The summed E-state index contributed by atoms with van der Waals surface area (Å²) in [6.45, 7) is 42.5. The highest BCUT2D eigenvalue weighted by molar-refractivity contribution is 6.75. The molecule has 0 aromatic carbocycles. The molecule has 58 heavy (non-hydrogen) atoms. The van der Waals surface area contributed by atoms with Crippen molar-refractivity contribution in [2.45, 2.75) is 221 Å². The first-order valence-corrected chi connectivity index (χ1v) is 31.1. The summed E-state index contributed by atoms with van der Waals surface area (Å²) >= 11 is 0. The predicted octanol–water partition coefficient (Wildman–Crippen LogP) is 14.0. The third-order valence-corrected chi connectivity index (χ3v) is 28.1. The minimum absolute atomic E-state index is 0.0246. The lowest BCUT2D eigenvalue weighted by atomic mass is 9.58. The number of hydrogen-bond donors (Lipinski definition) is 1. The van der Waals surface area contributed by atoms with E-state index in [1.165, 1.54) is 11.1 Å². The van der Waals surface area contributed by atoms with E-state index in [9.17, 15) is 9.90 Å². The third-order valence-electron chi connectivity index (χ3n) is 14.7. The first-order chi connectivity index (χ1) is 26.3. The molecule has 0 radical (unpaired) electrons. The Morgan fingerprint density at radius 1 is 0.862 bits per heavy atom. The molecule has 0 saturated heterocycles. The van der Waals surface area contributed by atoms with E-state index in [2.05, 4.69) is 146 Å². The lowest BCUT2D eigenvalue weighted by molar-refractivity contribution is -0.156. The molecular weight excluding hydrogens is 771 g/mol. The fourth-order valence-corrected chi connectivity index (χ4v) is 11.4. The van der Waals surface area contributed by atoms with Crippen molar-refractivity contribution in [2.75, 3.05) is 0 Å². The summed E-state index contributed by atoms with van der Waals surface area (Å²) in [4.78, 5) is 32.2. The summed E-state index contributed by atoms with van der Waals surface area (Å²) in [6.07, 6.45) is 11.9. The summed E-state index contributed by atoms with van der Waals surface area (Å²) in [5, 5.41) is 10.1. The average molecular weight is 858 g/mol. The second-order valence-electron chi connectivity index (χ2n) is 22.4. The molecule has 1 saturated carbocycles. The molecule has 7 nitrogen and oxygen atoms in total. The number of carbonyl (C=O) groups is 2. The molecule has 1 aliphatic rings. The lowest BCUT2D eigenvalue weighted by Crippen LogP contribution is -2.59. The number of hydrogen-bond acceptors (Lipinski definition) is 6. The van der Waals surface area contributed by atoms with Crippen molar-refractivity contribution in [1.29, 1.82) is 0 Å². The van der Waals surface area contributed by atoms with Gasteiger partial charge in [-0.1, -0.05) is 100 Å². The fourth-order valence-electron chi connectivity index (χ4n) is 7.30. The minimum atomic E-state index is -2.37. The van der Waals surface area contributed by atoms with Crippen molar-refractivity contribution < 1.29 is 28.0 Å². The van der Waals surface area contributed by atoms with E-state index in [0.717, 1.165) is 37.8 Å².